The number of halogens is 4. The quantitative estimate of drug-likeness (QED) is 0.555. The van der Waals surface area contributed by atoms with Crippen molar-refractivity contribution in [2.24, 2.45) is 0 Å². The van der Waals surface area contributed by atoms with Crippen LogP contribution in [-0.2, 0) is 32.2 Å². The molecule has 1 aliphatic heterocycles. The first kappa shape index (κ1) is 26.6. The van der Waals surface area contributed by atoms with Crippen molar-refractivity contribution in [3.8, 4) is 0 Å². The summed E-state index contributed by atoms with van der Waals surface area (Å²) in [4.78, 5) is 23.9. The largest absolute Gasteiger partial charge is 0.416 e. The van der Waals surface area contributed by atoms with Crippen molar-refractivity contribution in [1.29, 1.82) is 0 Å². The van der Waals surface area contributed by atoms with E-state index in [9.17, 15) is 35.6 Å². The lowest BCUT2D eigenvalue weighted by molar-refractivity contribution is -0.137. The molecule has 3 rings (SSSR count). The normalized spacial score (nSPS) is 16.5. The van der Waals surface area contributed by atoms with Gasteiger partial charge >= 0.3 is 6.18 Å². The van der Waals surface area contributed by atoms with Gasteiger partial charge in [-0.15, -0.1) is 0 Å². The van der Waals surface area contributed by atoms with E-state index < -0.39 is 50.3 Å². The lowest BCUT2D eigenvalue weighted by Crippen LogP contribution is -2.53. The van der Waals surface area contributed by atoms with Gasteiger partial charge < -0.3 is 10.6 Å². The van der Waals surface area contributed by atoms with Crippen LogP contribution in [0.2, 0.25) is 0 Å². The van der Waals surface area contributed by atoms with Gasteiger partial charge in [-0.25, -0.2) is 12.8 Å². The zero-order chi connectivity index (χ0) is 25.8. The highest BCUT2D eigenvalue weighted by atomic mass is 32.2. The number of rotatable bonds is 7. The second-order valence-corrected chi connectivity index (χ2v) is 10.2. The molecular formula is C23H25F4N3O4S. The van der Waals surface area contributed by atoms with Crippen LogP contribution in [0.5, 0.6) is 0 Å². The molecule has 0 radical (unpaired) electrons. The summed E-state index contributed by atoms with van der Waals surface area (Å²) in [5.41, 5.74) is -0.409. The molecular weight excluding hydrogens is 490 g/mol. The second kappa shape index (κ2) is 10.7. The van der Waals surface area contributed by atoms with E-state index in [1.165, 1.54) is 31.2 Å². The van der Waals surface area contributed by atoms with Gasteiger partial charge in [0.15, 0.2) is 0 Å². The summed E-state index contributed by atoms with van der Waals surface area (Å²) in [5, 5.41) is 5.36. The van der Waals surface area contributed by atoms with Gasteiger partial charge in [0.2, 0.25) is 21.8 Å². The average molecular weight is 516 g/mol. The summed E-state index contributed by atoms with van der Waals surface area (Å²) in [5.74, 6) is -1.32. The Hall–Kier alpha value is -2.99. The fourth-order valence-electron chi connectivity index (χ4n) is 3.84. The van der Waals surface area contributed by atoms with Crippen LogP contribution in [0.4, 0.5) is 17.6 Å². The molecule has 0 spiro atoms. The molecule has 35 heavy (non-hydrogen) atoms. The molecule has 2 aromatic carbocycles. The predicted octanol–water partition coefficient (Wildman–Crippen LogP) is 2.86. The summed E-state index contributed by atoms with van der Waals surface area (Å²) in [7, 11) is -4.14. The van der Waals surface area contributed by atoms with Crippen LogP contribution in [0.15, 0.2) is 53.4 Å². The highest BCUT2D eigenvalue weighted by Crippen LogP contribution is 2.31. The number of carbonyl (C=O) groups is 2. The Bertz CT molecular complexity index is 1160. The van der Waals surface area contributed by atoms with E-state index in [0.717, 1.165) is 22.5 Å². The molecule has 0 aliphatic carbocycles. The third kappa shape index (κ3) is 7.01. The van der Waals surface area contributed by atoms with Gasteiger partial charge in [0.05, 0.1) is 10.5 Å². The first-order chi connectivity index (χ1) is 16.4. The van der Waals surface area contributed by atoms with E-state index in [1.54, 1.807) is 0 Å². The van der Waals surface area contributed by atoms with Crippen molar-refractivity contribution >= 4 is 21.8 Å². The number of nitrogens with one attached hydrogen (secondary N) is 2. The molecule has 1 aliphatic rings. The molecule has 2 amide bonds. The molecule has 190 valence electrons. The fraction of sp³-hybridized carbons (Fsp3) is 0.391. The number of benzene rings is 2. The third-order valence-electron chi connectivity index (χ3n) is 5.65. The van der Waals surface area contributed by atoms with Crippen LogP contribution >= 0.6 is 0 Å². The topological polar surface area (TPSA) is 95.6 Å². The van der Waals surface area contributed by atoms with E-state index >= 15 is 0 Å². The summed E-state index contributed by atoms with van der Waals surface area (Å²) >= 11 is 0. The number of hydrogen-bond acceptors (Lipinski definition) is 4. The summed E-state index contributed by atoms with van der Waals surface area (Å²) in [6.45, 7) is 1.28. The van der Waals surface area contributed by atoms with E-state index in [-0.39, 0.29) is 38.4 Å². The van der Waals surface area contributed by atoms with Crippen LogP contribution in [0.3, 0.4) is 0 Å². The summed E-state index contributed by atoms with van der Waals surface area (Å²) < 4.78 is 78.9. The Labute approximate surface area is 200 Å². The van der Waals surface area contributed by atoms with Gasteiger partial charge in [-0.2, -0.15) is 17.5 Å². The molecule has 1 atom stereocenters. The molecule has 2 aromatic rings. The highest BCUT2D eigenvalue weighted by molar-refractivity contribution is 7.89. The van der Waals surface area contributed by atoms with Gasteiger partial charge in [-0.3, -0.25) is 9.59 Å². The SMILES string of the molecule is CC(=O)N[C@H](Cc1ccc(F)cc1)C(=O)NC1CCN(S(=O)(=O)c2cccc(C(F)(F)F)c2)CC1. The predicted molar refractivity (Wildman–Crippen MR) is 119 cm³/mol. The summed E-state index contributed by atoms with van der Waals surface area (Å²) in [6.07, 6.45) is -4.05. The maximum atomic E-state index is 13.2. The molecule has 1 heterocycles. The molecule has 0 bridgehead atoms. The van der Waals surface area contributed by atoms with Crippen LogP contribution in [0.25, 0.3) is 0 Å². The number of carbonyl (C=O) groups excluding carboxylic acids is 2. The Kier molecular flexibility index (Phi) is 8.16. The molecule has 7 nitrogen and oxygen atoms in total. The van der Waals surface area contributed by atoms with Gasteiger partial charge in [0.1, 0.15) is 11.9 Å². The standard InChI is InChI=1S/C23H25F4N3O4S/c1-15(31)28-21(13-16-5-7-18(24)8-6-16)22(32)29-19-9-11-30(12-10-19)35(33,34)20-4-2-3-17(14-20)23(25,26)27/h2-8,14,19,21H,9-13H2,1H3,(H,28,31)(H,29,32)/t21-/m1/s1. The van der Waals surface area contributed by atoms with E-state index in [2.05, 4.69) is 10.6 Å². The Morgan fingerprint density at radius 2 is 1.71 bits per heavy atom. The highest BCUT2D eigenvalue weighted by Gasteiger charge is 2.34. The van der Waals surface area contributed by atoms with Gasteiger partial charge in [-0.1, -0.05) is 18.2 Å². The maximum absolute atomic E-state index is 13.2. The minimum absolute atomic E-state index is 0.00624. The van der Waals surface area contributed by atoms with Gasteiger partial charge in [0.25, 0.3) is 0 Å². The Morgan fingerprint density at radius 1 is 1.09 bits per heavy atom. The van der Waals surface area contributed by atoms with Gasteiger partial charge in [0, 0.05) is 32.5 Å². The third-order valence-corrected chi connectivity index (χ3v) is 7.54. The number of hydrogen-bond donors (Lipinski definition) is 2. The van der Waals surface area contributed by atoms with E-state index in [4.69, 9.17) is 0 Å². The van der Waals surface area contributed by atoms with Crippen molar-refractivity contribution in [3.63, 3.8) is 0 Å². The molecule has 1 saturated heterocycles. The zero-order valence-electron chi connectivity index (χ0n) is 18.8. The number of amides is 2. The number of nitrogens with zero attached hydrogens (tertiary/aromatic N) is 1. The molecule has 0 unspecified atom stereocenters. The van der Waals surface area contributed by atoms with Crippen molar-refractivity contribution in [1.82, 2.24) is 14.9 Å². The molecule has 12 heteroatoms. The van der Waals surface area contributed by atoms with Crippen LogP contribution < -0.4 is 10.6 Å². The second-order valence-electron chi connectivity index (χ2n) is 8.30. The zero-order valence-corrected chi connectivity index (χ0v) is 19.6. The van der Waals surface area contributed by atoms with Crippen LogP contribution in [-0.4, -0.2) is 49.7 Å². The number of alkyl halides is 3. The first-order valence-corrected chi connectivity index (χ1v) is 12.3. The first-order valence-electron chi connectivity index (χ1n) is 10.9. The van der Waals surface area contributed by atoms with Crippen molar-refractivity contribution in [2.75, 3.05) is 13.1 Å². The van der Waals surface area contributed by atoms with Gasteiger partial charge in [-0.05, 0) is 48.7 Å². The monoisotopic (exact) mass is 515 g/mol. The minimum atomic E-state index is -4.67. The van der Waals surface area contributed by atoms with Crippen molar-refractivity contribution in [2.45, 2.75) is 49.3 Å². The minimum Gasteiger partial charge on any atom is -0.351 e. The fourth-order valence-corrected chi connectivity index (χ4v) is 5.35. The summed E-state index contributed by atoms with van der Waals surface area (Å²) in [6, 6.07) is 7.79. The van der Waals surface area contributed by atoms with E-state index in [0.29, 0.717) is 11.6 Å². The molecule has 1 fully saturated rings. The van der Waals surface area contributed by atoms with Crippen LogP contribution in [0, 0.1) is 5.82 Å². The van der Waals surface area contributed by atoms with Crippen molar-refractivity contribution < 1.29 is 35.6 Å². The number of sulfonamides is 1. The molecule has 2 N–H and O–H groups in total. The Morgan fingerprint density at radius 3 is 2.29 bits per heavy atom. The molecule has 0 aromatic heterocycles. The lowest BCUT2D eigenvalue weighted by Gasteiger charge is -2.32. The van der Waals surface area contributed by atoms with Crippen molar-refractivity contribution in [3.05, 3.63) is 65.5 Å². The molecule has 0 saturated carbocycles. The van der Waals surface area contributed by atoms with Crippen LogP contribution in [0.1, 0.15) is 30.9 Å². The Balaban J connectivity index is 1.62. The lowest BCUT2D eigenvalue weighted by atomic mass is 10.0. The maximum Gasteiger partial charge on any atom is 0.416 e. The average Bonchev–Trinajstić information content (AvgIpc) is 2.79. The number of piperidine rings is 1. The van der Waals surface area contributed by atoms with E-state index in [1.807, 2.05) is 0 Å². The smallest absolute Gasteiger partial charge is 0.351 e.